The van der Waals surface area contributed by atoms with Gasteiger partial charge in [0.1, 0.15) is 4.90 Å². The van der Waals surface area contributed by atoms with E-state index in [9.17, 15) is 8.42 Å². The van der Waals surface area contributed by atoms with Crippen LogP contribution in [0.5, 0.6) is 0 Å². The Labute approximate surface area is 112 Å². The molecule has 0 radical (unpaired) electrons. The lowest BCUT2D eigenvalue weighted by molar-refractivity contribution is 0.470. The number of thiophene rings is 1. The van der Waals surface area contributed by atoms with Gasteiger partial charge < -0.3 is 4.90 Å². The minimum absolute atomic E-state index is 0.188. The van der Waals surface area contributed by atoms with Crippen molar-refractivity contribution in [3.05, 3.63) is 15.2 Å². The van der Waals surface area contributed by atoms with E-state index in [2.05, 4.69) is 20.7 Å². The van der Waals surface area contributed by atoms with Crippen molar-refractivity contribution in [2.45, 2.75) is 17.4 Å². The van der Waals surface area contributed by atoms with Gasteiger partial charge in [0.25, 0.3) is 0 Å². The molecule has 0 aliphatic carbocycles. The van der Waals surface area contributed by atoms with Crippen molar-refractivity contribution in [1.82, 2.24) is 9.62 Å². The summed E-state index contributed by atoms with van der Waals surface area (Å²) in [7, 11) is -3.49. The molecule has 2 rings (SSSR count). The second-order valence-corrected chi connectivity index (χ2v) is 7.02. The molecule has 1 unspecified atom stereocenters. The molecular formula is C9H10BrN3O2S2. The summed E-state index contributed by atoms with van der Waals surface area (Å²) in [5.74, 6) is 0. The van der Waals surface area contributed by atoms with Gasteiger partial charge in [-0.05, 0) is 22.4 Å². The Kier molecular flexibility index (Phi) is 3.73. The Bertz CT molecular complexity index is 549. The number of rotatable bonds is 3. The highest BCUT2D eigenvalue weighted by molar-refractivity contribution is 9.10. The molecule has 0 aromatic carbocycles. The maximum atomic E-state index is 12.0. The lowest BCUT2D eigenvalue weighted by atomic mass is 10.3. The van der Waals surface area contributed by atoms with Crippen LogP contribution in [0.1, 0.15) is 6.42 Å². The van der Waals surface area contributed by atoms with Crippen molar-refractivity contribution >= 4 is 37.3 Å². The monoisotopic (exact) mass is 335 g/mol. The van der Waals surface area contributed by atoms with Crippen LogP contribution in [0.25, 0.3) is 0 Å². The summed E-state index contributed by atoms with van der Waals surface area (Å²) >= 11 is 4.53. The zero-order chi connectivity index (χ0) is 12.5. The fraction of sp³-hybridized carbons (Fsp3) is 0.444. The third kappa shape index (κ3) is 2.80. The summed E-state index contributed by atoms with van der Waals surface area (Å²) in [6, 6.07) is -0.188. The van der Waals surface area contributed by atoms with Crippen LogP contribution in [0.2, 0.25) is 0 Å². The summed E-state index contributed by atoms with van der Waals surface area (Å²) in [6.45, 7) is 1.05. The van der Waals surface area contributed by atoms with Crippen LogP contribution in [0, 0.1) is 11.5 Å². The normalized spacial score (nSPS) is 20.5. The Hall–Kier alpha value is -0.620. The van der Waals surface area contributed by atoms with E-state index in [0.29, 0.717) is 24.0 Å². The minimum Gasteiger partial charge on any atom is -0.309 e. The van der Waals surface area contributed by atoms with Crippen LogP contribution >= 0.6 is 27.3 Å². The third-order valence-electron chi connectivity index (χ3n) is 2.52. The molecule has 0 spiro atoms. The average molecular weight is 336 g/mol. The SMILES string of the molecule is N#CN1CCC(NS(=O)(=O)c2cscc2Br)C1. The first-order valence-electron chi connectivity index (χ1n) is 4.91. The molecule has 1 aromatic rings. The van der Waals surface area contributed by atoms with Gasteiger partial charge in [0.2, 0.25) is 10.0 Å². The lowest BCUT2D eigenvalue weighted by Crippen LogP contribution is -2.36. The van der Waals surface area contributed by atoms with Gasteiger partial charge in [0, 0.05) is 34.4 Å². The van der Waals surface area contributed by atoms with Gasteiger partial charge >= 0.3 is 0 Å². The summed E-state index contributed by atoms with van der Waals surface area (Å²) in [6.07, 6.45) is 2.68. The maximum Gasteiger partial charge on any atom is 0.242 e. The number of likely N-dealkylation sites (tertiary alicyclic amines) is 1. The number of sulfonamides is 1. The van der Waals surface area contributed by atoms with E-state index in [1.807, 2.05) is 6.19 Å². The molecule has 0 bridgehead atoms. The summed E-state index contributed by atoms with van der Waals surface area (Å²) in [5.41, 5.74) is 0. The van der Waals surface area contributed by atoms with E-state index in [4.69, 9.17) is 5.26 Å². The largest absolute Gasteiger partial charge is 0.309 e. The number of nitriles is 1. The molecule has 5 nitrogen and oxygen atoms in total. The molecule has 2 heterocycles. The molecule has 1 fully saturated rings. The lowest BCUT2D eigenvalue weighted by Gasteiger charge is -2.12. The van der Waals surface area contributed by atoms with Gasteiger partial charge in [-0.25, -0.2) is 13.1 Å². The van der Waals surface area contributed by atoms with Crippen LogP contribution in [0.15, 0.2) is 20.1 Å². The second kappa shape index (κ2) is 4.94. The molecule has 8 heteroatoms. The summed E-state index contributed by atoms with van der Waals surface area (Å²) in [5, 5.41) is 12.0. The van der Waals surface area contributed by atoms with E-state index in [-0.39, 0.29) is 10.9 Å². The van der Waals surface area contributed by atoms with E-state index < -0.39 is 10.0 Å². The van der Waals surface area contributed by atoms with E-state index in [1.54, 1.807) is 15.7 Å². The van der Waals surface area contributed by atoms with Gasteiger partial charge in [-0.2, -0.15) is 5.26 Å². The first-order chi connectivity index (χ1) is 8.03. The predicted molar refractivity (Wildman–Crippen MR) is 67.9 cm³/mol. The van der Waals surface area contributed by atoms with Gasteiger partial charge in [-0.15, -0.1) is 11.3 Å². The number of nitrogens with zero attached hydrogens (tertiary/aromatic N) is 2. The zero-order valence-electron chi connectivity index (χ0n) is 8.76. The maximum absolute atomic E-state index is 12.0. The Morgan fingerprint density at radius 1 is 1.59 bits per heavy atom. The minimum atomic E-state index is -3.49. The first kappa shape index (κ1) is 12.8. The van der Waals surface area contributed by atoms with E-state index >= 15 is 0 Å². The van der Waals surface area contributed by atoms with Crippen molar-refractivity contribution in [2.24, 2.45) is 0 Å². The third-order valence-corrected chi connectivity index (χ3v) is 6.20. The van der Waals surface area contributed by atoms with Crippen molar-refractivity contribution in [3.63, 3.8) is 0 Å². The number of nitrogens with one attached hydrogen (secondary N) is 1. The van der Waals surface area contributed by atoms with Crippen molar-refractivity contribution in [2.75, 3.05) is 13.1 Å². The highest BCUT2D eigenvalue weighted by Crippen LogP contribution is 2.26. The second-order valence-electron chi connectivity index (χ2n) is 3.74. The van der Waals surface area contributed by atoms with Crippen LogP contribution in [-0.2, 0) is 10.0 Å². The van der Waals surface area contributed by atoms with Crippen molar-refractivity contribution in [3.8, 4) is 6.19 Å². The zero-order valence-corrected chi connectivity index (χ0v) is 12.0. The molecule has 1 saturated heterocycles. The van der Waals surface area contributed by atoms with Crippen molar-refractivity contribution < 1.29 is 8.42 Å². The van der Waals surface area contributed by atoms with Crippen molar-refractivity contribution in [1.29, 1.82) is 5.26 Å². The molecular weight excluding hydrogens is 326 g/mol. The highest BCUT2D eigenvalue weighted by Gasteiger charge is 2.28. The molecule has 0 saturated carbocycles. The number of hydrogen-bond donors (Lipinski definition) is 1. The Morgan fingerprint density at radius 3 is 2.88 bits per heavy atom. The van der Waals surface area contributed by atoms with Crippen LogP contribution in [-0.4, -0.2) is 32.4 Å². The average Bonchev–Trinajstić information content (AvgIpc) is 2.86. The molecule has 1 atom stereocenters. The van der Waals surface area contributed by atoms with E-state index in [1.165, 1.54) is 11.3 Å². The number of hydrogen-bond acceptors (Lipinski definition) is 5. The van der Waals surface area contributed by atoms with E-state index in [0.717, 1.165) is 0 Å². The predicted octanol–water partition coefficient (Wildman–Crippen LogP) is 1.34. The quantitative estimate of drug-likeness (QED) is 0.846. The highest BCUT2D eigenvalue weighted by atomic mass is 79.9. The molecule has 1 N–H and O–H groups in total. The molecule has 17 heavy (non-hydrogen) atoms. The molecule has 1 aliphatic rings. The summed E-state index contributed by atoms with van der Waals surface area (Å²) in [4.78, 5) is 1.81. The fourth-order valence-corrected chi connectivity index (χ4v) is 5.31. The summed E-state index contributed by atoms with van der Waals surface area (Å²) < 4.78 is 27.3. The molecule has 0 amide bonds. The van der Waals surface area contributed by atoms with Crippen LogP contribution < -0.4 is 4.72 Å². The molecule has 1 aromatic heterocycles. The smallest absolute Gasteiger partial charge is 0.242 e. The Balaban J connectivity index is 2.10. The topological polar surface area (TPSA) is 73.2 Å². The molecule has 92 valence electrons. The van der Waals surface area contributed by atoms with Crippen LogP contribution in [0.4, 0.5) is 0 Å². The first-order valence-corrected chi connectivity index (χ1v) is 8.13. The standard InChI is InChI=1S/C9H10BrN3O2S2/c10-8-4-16-5-9(8)17(14,15)12-7-1-2-13(3-7)6-11/h4-5,7,12H,1-3H2. The molecule has 1 aliphatic heterocycles. The Morgan fingerprint density at radius 2 is 2.35 bits per heavy atom. The van der Waals surface area contributed by atoms with Gasteiger partial charge in [-0.1, -0.05) is 0 Å². The van der Waals surface area contributed by atoms with Crippen LogP contribution in [0.3, 0.4) is 0 Å². The fourth-order valence-electron chi connectivity index (χ4n) is 1.69. The van der Waals surface area contributed by atoms with Gasteiger partial charge in [-0.3, -0.25) is 0 Å². The van der Waals surface area contributed by atoms with Gasteiger partial charge in [0.15, 0.2) is 6.19 Å². The van der Waals surface area contributed by atoms with Gasteiger partial charge in [0.05, 0.1) is 0 Å². The number of halogens is 1.